The SMILES string of the molecule is CNC(COC)c1ccnc(Nc2cc3cc(/C(=C/N)N(C)N)nc(N)c3cn2)c1. The molecule has 3 aromatic rings. The van der Waals surface area contributed by atoms with Crippen molar-refractivity contribution in [1.82, 2.24) is 25.3 Å². The number of nitrogens with zero attached hydrogens (tertiary/aromatic N) is 4. The molecule has 0 radical (unpaired) electrons. The van der Waals surface area contributed by atoms with Crippen LogP contribution in [0.1, 0.15) is 17.3 Å². The minimum absolute atomic E-state index is 0.0614. The Morgan fingerprint density at radius 1 is 1.27 bits per heavy atom. The predicted molar refractivity (Wildman–Crippen MR) is 119 cm³/mol. The first kappa shape index (κ1) is 21.2. The van der Waals surface area contributed by atoms with Crippen molar-refractivity contribution in [2.75, 3.05) is 38.9 Å². The van der Waals surface area contributed by atoms with Crippen LogP contribution in [0.4, 0.5) is 17.5 Å². The zero-order valence-corrected chi connectivity index (χ0v) is 17.3. The van der Waals surface area contributed by atoms with Crippen molar-refractivity contribution in [3.8, 4) is 0 Å². The topological polar surface area (TPSA) is 153 Å². The summed E-state index contributed by atoms with van der Waals surface area (Å²) >= 11 is 0. The van der Waals surface area contributed by atoms with Crippen LogP contribution in [-0.4, -0.2) is 47.8 Å². The second-order valence-corrected chi connectivity index (χ2v) is 6.74. The van der Waals surface area contributed by atoms with Gasteiger partial charge in [0.2, 0.25) is 0 Å². The van der Waals surface area contributed by atoms with Gasteiger partial charge in [-0.3, -0.25) is 0 Å². The Balaban J connectivity index is 1.94. The number of nitrogen functional groups attached to an aromatic ring is 1. The van der Waals surface area contributed by atoms with Gasteiger partial charge in [-0.05, 0) is 42.3 Å². The van der Waals surface area contributed by atoms with E-state index in [9.17, 15) is 0 Å². The van der Waals surface area contributed by atoms with Crippen molar-refractivity contribution in [3.63, 3.8) is 0 Å². The van der Waals surface area contributed by atoms with Crippen LogP contribution in [0, 0.1) is 0 Å². The van der Waals surface area contributed by atoms with Gasteiger partial charge in [-0.15, -0.1) is 0 Å². The summed E-state index contributed by atoms with van der Waals surface area (Å²) in [6.45, 7) is 0.551. The van der Waals surface area contributed by atoms with Gasteiger partial charge >= 0.3 is 0 Å². The Morgan fingerprint density at radius 2 is 2.03 bits per heavy atom. The molecule has 3 aromatic heterocycles. The molecule has 0 saturated heterocycles. The average molecular weight is 409 g/mol. The molecular weight excluding hydrogens is 382 g/mol. The van der Waals surface area contributed by atoms with E-state index < -0.39 is 0 Å². The number of methoxy groups -OCH3 is 1. The van der Waals surface area contributed by atoms with Crippen molar-refractivity contribution in [3.05, 3.63) is 54.1 Å². The molecule has 3 heterocycles. The first-order valence-corrected chi connectivity index (χ1v) is 9.33. The van der Waals surface area contributed by atoms with Gasteiger partial charge in [0.15, 0.2) is 0 Å². The fourth-order valence-corrected chi connectivity index (χ4v) is 3.13. The Hall–Kier alpha value is -3.47. The lowest BCUT2D eigenvalue weighted by Gasteiger charge is -2.17. The molecule has 0 fully saturated rings. The highest BCUT2D eigenvalue weighted by Crippen LogP contribution is 2.26. The maximum absolute atomic E-state index is 6.12. The van der Waals surface area contributed by atoms with E-state index in [2.05, 4.69) is 25.6 Å². The number of nitrogens with one attached hydrogen (secondary N) is 2. The summed E-state index contributed by atoms with van der Waals surface area (Å²) in [5.41, 5.74) is 14.0. The fourth-order valence-electron chi connectivity index (χ4n) is 3.13. The lowest BCUT2D eigenvalue weighted by atomic mass is 10.1. The molecule has 10 heteroatoms. The van der Waals surface area contributed by atoms with E-state index in [1.165, 1.54) is 11.2 Å². The molecule has 158 valence electrons. The van der Waals surface area contributed by atoms with Crippen molar-refractivity contribution in [2.45, 2.75) is 6.04 Å². The van der Waals surface area contributed by atoms with Gasteiger partial charge in [-0.1, -0.05) is 0 Å². The zero-order valence-electron chi connectivity index (χ0n) is 17.3. The molecule has 0 saturated carbocycles. The monoisotopic (exact) mass is 409 g/mol. The minimum atomic E-state index is 0.0614. The lowest BCUT2D eigenvalue weighted by molar-refractivity contribution is 0.170. The summed E-state index contributed by atoms with van der Waals surface area (Å²) in [7, 11) is 5.24. The van der Waals surface area contributed by atoms with E-state index in [1.807, 2.05) is 31.3 Å². The minimum Gasteiger partial charge on any atom is -0.403 e. The smallest absolute Gasteiger partial charge is 0.133 e. The van der Waals surface area contributed by atoms with Crippen molar-refractivity contribution < 1.29 is 4.74 Å². The molecule has 30 heavy (non-hydrogen) atoms. The summed E-state index contributed by atoms with van der Waals surface area (Å²) in [5.74, 6) is 7.47. The number of nitrogens with two attached hydrogens (primary N) is 3. The number of rotatable bonds is 8. The molecule has 3 rings (SSSR count). The summed E-state index contributed by atoms with van der Waals surface area (Å²) in [6.07, 6.45) is 4.81. The highest BCUT2D eigenvalue weighted by Gasteiger charge is 2.12. The Bertz CT molecular complexity index is 1050. The number of hydrogen-bond donors (Lipinski definition) is 5. The maximum atomic E-state index is 6.12. The molecule has 0 aromatic carbocycles. The maximum Gasteiger partial charge on any atom is 0.133 e. The van der Waals surface area contributed by atoms with E-state index >= 15 is 0 Å². The molecule has 0 spiro atoms. The second kappa shape index (κ2) is 9.35. The Morgan fingerprint density at radius 3 is 2.70 bits per heavy atom. The molecule has 10 nitrogen and oxygen atoms in total. The number of likely N-dealkylation sites (N-methyl/N-ethyl adjacent to an activating group) is 1. The van der Waals surface area contributed by atoms with E-state index in [1.54, 1.807) is 26.6 Å². The molecule has 0 bridgehead atoms. The number of pyridine rings is 3. The van der Waals surface area contributed by atoms with E-state index in [0.29, 0.717) is 35.5 Å². The largest absolute Gasteiger partial charge is 0.403 e. The summed E-state index contributed by atoms with van der Waals surface area (Å²) in [5, 5.41) is 9.43. The van der Waals surface area contributed by atoms with Gasteiger partial charge in [-0.25, -0.2) is 20.8 Å². The third-order valence-corrected chi connectivity index (χ3v) is 4.67. The molecule has 8 N–H and O–H groups in total. The normalized spacial score (nSPS) is 12.7. The molecule has 1 atom stereocenters. The third kappa shape index (κ3) is 4.57. The van der Waals surface area contributed by atoms with Crippen LogP contribution in [0.15, 0.2) is 42.9 Å². The van der Waals surface area contributed by atoms with E-state index in [-0.39, 0.29) is 6.04 Å². The van der Waals surface area contributed by atoms with E-state index in [0.717, 1.165) is 16.3 Å². The van der Waals surface area contributed by atoms with E-state index in [4.69, 9.17) is 22.0 Å². The highest BCUT2D eigenvalue weighted by atomic mass is 16.5. The number of anilines is 3. The van der Waals surface area contributed by atoms with Crippen LogP contribution in [-0.2, 0) is 4.74 Å². The Labute approximate surface area is 175 Å². The molecule has 0 aliphatic rings. The van der Waals surface area contributed by atoms with Gasteiger partial charge in [0.1, 0.15) is 17.5 Å². The lowest BCUT2D eigenvalue weighted by Crippen LogP contribution is -2.25. The summed E-state index contributed by atoms with van der Waals surface area (Å²) < 4.78 is 5.26. The molecule has 0 amide bonds. The third-order valence-electron chi connectivity index (χ3n) is 4.67. The van der Waals surface area contributed by atoms with Crippen molar-refractivity contribution >= 4 is 33.9 Å². The van der Waals surface area contributed by atoms with Crippen LogP contribution in [0.5, 0.6) is 0 Å². The van der Waals surface area contributed by atoms with Crippen LogP contribution in [0.25, 0.3) is 16.5 Å². The van der Waals surface area contributed by atoms with Gasteiger partial charge in [0.05, 0.1) is 24.0 Å². The first-order chi connectivity index (χ1) is 14.5. The molecular formula is C20H27N9O. The quantitative estimate of drug-likeness (QED) is 0.272. The molecule has 0 aliphatic heterocycles. The van der Waals surface area contributed by atoms with Gasteiger partial charge in [-0.2, -0.15) is 0 Å². The number of aromatic nitrogens is 3. The number of hydrazine groups is 1. The van der Waals surface area contributed by atoms with Crippen LogP contribution < -0.4 is 27.9 Å². The standard InChI is InChI=1S/C20H27N9O/c1-24-16(11-30-3)12-4-5-25-18(7-12)28-19-8-13-6-15(17(9-21)29(2)23)27-20(22)14(13)10-26-19/h4-10,16,24H,11,21,23H2,1-3H3,(H2,22,27)(H,25,26,28)/b17-9-. The highest BCUT2D eigenvalue weighted by molar-refractivity contribution is 5.93. The van der Waals surface area contributed by atoms with Crippen molar-refractivity contribution in [1.29, 1.82) is 0 Å². The van der Waals surface area contributed by atoms with Gasteiger partial charge < -0.3 is 31.8 Å². The Kier molecular flexibility index (Phi) is 6.62. The average Bonchev–Trinajstić information content (AvgIpc) is 2.72. The van der Waals surface area contributed by atoms with Crippen LogP contribution in [0.2, 0.25) is 0 Å². The second-order valence-electron chi connectivity index (χ2n) is 6.74. The summed E-state index contributed by atoms with van der Waals surface area (Å²) in [6, 6.07) is 7.70. The summed E-state index contributed by atoms with van der Waals surface area (Å²) in [4.78, 5) is 13.2. The van der Waals surface area contributed by atoms with Crippen LogP contribution in [0.3, 0.4) is 0 Å². The first-order valence-electron chi connectivity index (χ1n) is 9.33. The van der Waals surface area contributed by atoms with Crippen molar-refractivity contribution in [2.24, 2.45) is 11.6 Å². The zero-order chi connectivity index (χ0) is 21.7. The van der Waals surface area contributed by atoms with Crippen LogP contribution >= 0.6 is 0 Å². The fraction of sp³-hybridized carbons (Fsp3) is 0.250. The number of fused-ring (bicyclic) bond motifs is 1. The van der Waals surface area contributed by atoms with Gasteiger partial charge in [0.25, 0.3) is 0 Å². The number of ether oxygens (including phenoxy) is 1. The predicted octanol–water partition coefficient (Wildman–Crippen LogP) is 1.32. The molecule has 0 aliphatic carbocycles. The van der Waals surface area contributed by atoms with Gasteiger partial charge in [0, 0.05) is 38.1 Å². The number of hydrogen-bond acceptors (Lipinski definition) is 10. The molecule has 1 unspecified atom stereocenters.